The van der Waals surface area contributed by atoms with Crippen molar-refractivity contribution < 1.29 is 4.79 Å². The molecule has 0 saturated heterocycles. The Labute approximate surface area is 141 Å². The molecule has 124 valence electrons. The molecule has 1 aromatic heterocycles. The molecular formula is C16H23N5OS. The fourth-order valence-electron chi connectivity index (χ4n) is 2.10. The largest absolute Gasteiger partial charge is 0.351 e. The second-order valence-corrected chi connectivity index (χ2v) is 6.63. The molecule has 1 amide bonds. The molecule has 0 saturated carbocycles. The summed E-state index contributed by atoms with van der Waals surface area (Å²) in [4.78, 5) is 13.9. The van der Waals surface area contributed by atoms with Gasteiger partial charge in [0.1, 0.15) is 0 Å². The average molecular weight is 333 g/mol. The van der Waals surface area contributed by atoms with Crippen LogP contribution in [0.15, 0.2) is 35.5 Å². The van der Waals surface area contributed by atoms with Crippen LogP contribution in [0.3, 0.4) is 0 Å². The first-order valence-electron chi connectivity index (χ1n) is 7.54. The second-order valence-electron chi connectivity index (χ2n) is 5.69. The molecule has 0 radical (unpaired) electrons. The summed E-state index contributed by atoms with van der Waals surface area (Å²) in [7, 11) is 3.87. The third-order valence-corrected chi connectivity index (χ3v) is 4.17. The number of rotatable bonds is 7. The molecule has 0 atom stereocenters. The molecule has 0 unspecified atom stereocenters. The van der Waals surface area contributed by atoms with Gasteiger partial charge in [-0.3, -0.25) is 9.36 Å². The highest BCUT2D eigenvalue weighted by molar-refractivity contribution is 7.99. The van der Waals surface area contributed by atoms with Gasteiger partial charge in [-0.1, -0.05) is 42.1 Å². The number of anilines is 1. The fraction of sp³-hybridized carbons (Fsp3) is 0.438. The molecule has 0 aliphatic rings. The highest BCUT2D eigenvalue weighted by Crippen LogP contribution is 2.25. The summed E-state index contributed by atoms with van der Waals surface area (Å²) in [5.74, 6) is 1.11. The lowest BCUT2D eigenvalue weighted by molar-refractivity contribution is -0.118. The monoisotopic (exact) mass is 333 g/mol. The minimum atomic E-state index is -0.0106. The summed E-state index contributed by atoms with van der Waals surface area (Å²) < 4.78 is 2.04. The van der Waals surface area contributed by atoms with Crippen LogP contribution in [0.1, 0.15) is 25.5 Å². The number of hydrogen-bond acceptors (Lipinski definition) is 5. The summed E-state index contributed by atoms with van der Waals surface area (Å²) in [6.45, 7) is 4.70. The molecule has 23 heavy (non-hydrogen) atoms. The Morgan fingerprint density at radius 1 is 1.26 bits per heavy atom. The van der Waals surface area contributed by atoms with Gasteiger partial charge in [-0.05, 0) is 19.4 Å². The van der Waals surface area contributed by atoms with Gasteiger partial charge in [-0.15, -0.1) is 10.2 Å². The van der Waals surface area contributed by atoms with E-state index in [2.05, 4.69) is 29.4 Å². The number of nitrogens with one attached hydrogen (secondary N) is 1. The molecule has 2 aromatic rings. The van der Waals surface area contributed by atoms with Crippen LogP contribution in [-0.2, 0) is 11.3 Å². The molecule has 7 heteroatoms. The van der Waals surface area contributed by atoms with Gasteiger partial charge in [0.15, 0.2) is 5.16 Å². The second kappa shape index (κ2) is 8.01. The van der Waals surface area contributed by atoms with Crippen molar-refractivity contribution in [2.75, 3.05) is 24.7 Å². The van der Waals surface area contributed by atoms with E-state index in [4.69, 9.17) is 0 Å². The normalized spacial score (nSPS) is 10.8. The minimum absolute atomic E-state index is 0.0106. The number of amides is 1. The zero-order chi connectivity index (χ0) is 16.8. The Bertz CT molecular complexity index is 639. The first kappa shape index (κ1) is 17.3. The molecule has 0 bridgehead atoms. The van der Waals surface area contributed by atoms with E-state index in [1.54, 1.807) is 0 Å². The summed E-state index contributed by atoms with van der Waals surface area (Å²) in [5.41, 5.74) is 1.09. The predicted octanol–water partition coefficient (Wildman–Crippen LogP) is 2.33. The van der Waals surface area contributed by atoms with Crippen LogP contribution in [0, 0.1) is 0 Å². The third-order valence-electron chi connectivity index (χ3n) is 3.23. The molecule has 6 nitrogen and oxygen atoms in total. The van der Waals surface area contributed by atoms with Gasteiger partial charge < -0.3 is 10.2 Å². The van der Waals surface area contributed by atoms with Gasteiger partial charge in [-0.2, -0.15) is 0 Å². The van der Waals surface area contributed by atoms with E-state index < -0.39 is 0 Å². The summed E-state index contributed by atoms with van der Waals surface area (Å²) in [6.07, 6.45) is 0. The van der Waals surface area contributed by atoms with Gasteiger partial charge >= 0.3 is 0 Å². The molecule has 0 aliphatic carbocycles. The Morgan fingerprint density at radius 2 is 1.96 bits per heavy atom. The van der Waals surface area contributed by atoms with E-state index in [-0.39, 0.29) is 11.9 Å². The van der Waals surface area contributed by atoms with Crippen LogP contribution in [0.25, 0.3) is 0 Å². The molecule has 2 rings (SSSR count). The van der Waals surface area contributed by atoms with E-state index in [0.29, 0.717) is 12.3 Å². The number of benzene rings is 1. The highest BCUT2D eigenvalue weighted by Gasteiger charge is 2.17. The first-order valence-corrected chi connectivity index (χ1v) is 8.53. The van der Waals surface area contributed by atoms with Gasteiger partial charge in [0.05, 0.1) is 5.75 Å². The topological polar surface area (TPSA) is 63.1 Å². The van der Waals surface area contributed by atoms with Crippen molar-refractivity contribution in [3.63, 3.8) is 0 Å². The van der Waals surface area contributed by atoms with Crippen LogP contribution < -0.4 is 10.2 Å². The summed E-state index contributed by atoms with van der Waals surface area (Å²) >= 11 is 1.41. The number of aromatic nitrogens is 3. The van der Waals surface area contributed by atoms with Crippen LogP contribution in [-0.4, -0.2) is 40.5 Å². The van der Waals surface area contributed by atoms with Crippen molar-refractivity contribution in [2.45, 2.75) is 31.6 Å². The van der Waals surface area contributed by atoms with Crippen molar-refractivity contribution in [2.24, 2.45) is 0 Å². The molecule has 0 fully saturated rings. The van der Waals surface area contributed by atoms with Crippen LogP contribution in [0.4, 0.5) is 5.95 Å². The predicted molar refractivity (Wildman–Crippen MR) is 93.7 cm³/mol. The lowest BCUT2D eigenvalue weighted by atomic mass is 10.2. The van der Waals surface area contributed by atoms with E-state index >= 15 is 0 Å². The maximum atomic E-state index is 12.0. The van der Waals surface area contributed by atoms with Gasteiger partial charge in [0.2, 0.25) is 11.9 Å². The molecule has 1 heterocycles. The maximum absolute atomic E-state index is 12.0. The molecule has 0 aliphatic heterocycles. The Hall–Kier alpha value is -2.02. The zero-order valence-corrected chi connectivity index (χ0v) is 14.8. The number of hydrogen-bond donors (Lipinski definition) is 1. The first-order chi connectivity index (χ1) is 11.0. The SMILES string of the molecule is CC(C)n1c(SCC(=O)NCc2ccccc2)nnc1N(C)C. The minimum Gasteiger partial charge on any atom is -0.351 e. The van der Waals surface area contributed by atoms with E-state index in [9.17, 15) is 4.79 Å². The van der Waals surface area contributed by atoms with Gasteiger partial charge in [-0.25, -0.2) is 0 Å². The highest BCUT2D eigenvalue weighted by atomic mass is 32.2. The zero-order valence-electron chi connectivity index (χ0n) is 14.0. The van der Waals surface area contributed by atoms with E-state index in [1.165, 1.54) is 11.8 Å². The summed E-state index contributed by atoms with van der Waals surface area (Å²) in [6, 6.07) is 10.1. The van der Waals surface area contributed by atoms with Crippen molar-refractivity contribution in [1.29, 1.82) is 0 Å². The van der Waals surface area contributed by atoms with Gasteiger partial charge in [0, 0.05) is 26.7 Å². The third kappa shape index (κ3) is 4.72. The molecule has 1 aromatic carbocycles. The quantitative estimate of drug-likeness (QED) is 0.788. The maximum Gasteiger partial charge on any atom is 0.230 e. The Balaban J connectivity index is 1.91. The summed E-state index contributed by atoms with van der Waals surface area (Å²) in [5, 5.41) is 12.1. The van der Waals surface area contributed by atoms with Crippen LogP contribution in [0.2, 0.25) is 0 Å². The number of nitrogens with zero attached hydrogens (tertiary/aromatic N) is 4. The number of carbonyl (C=O) groups is 1. The number of carbonyl (C=O) groups excluding carboxylic acids is 1. The molecular weight excluding hydrogens is 310 g/mol. The van der Waals surface area contributed by atoms with Crippen molar-refractivity contribution in [3.8, 4) is 0 Å². The lowest BCUT2D eigenvalue weighted by Gasteiger charge is -2.17. The van der Waals surface area contributed by atoms with Crippen molar-refractivity contribution >= 4 is 23.6 Å². The Morgan fingerprint density at radius 3 is 2.57 bits per heavy atom. The molecule has 0 spiro atoms. The van der Waals surface area contributed by atoms with Crippen molar-refractivity contribution in [1.82, 2.24) is 20.1 Å². The van der Waals surface area contributed by atoms with E-state index in [0.717, 1.165) is 16.7 Å². The molecule has 1 N–H and O–H groups in total. The average Bonchev–Trinajstić information content (AvgIpc) is 2.96. The van der Waals surface area contributed by atoms with Gasteiger partial charge in [0.25, 0.3) is 0 Å². The van der Waals surface area contributed by atoms with E-state index in [1.807, 2.05) is 53.9 Å². The standard InChI is InChI=1S/C16H23N5OS/c1-12(2)21-15(20(3)4)18-19-16(21)23-11-14(22)17-10-13-8-6-5-7-9-13/h5-9,12H,10-11H2,1-4H3,(H,17,22). The van der Waals surface area contributed by atoms with Crippen LogP contribution >= 0.6 is 11.8 Å². The van der Waals surface area contributed by atoms with Crippen molar-refractivity contribution in [3.05, 3.63) is 35.9 Å². The smallest absolute Gasteiger partial charge is 0.230 e. The lowest BCUT2D eigenvalue weighted by Crippen LogP contribution is -2.24. The fourth-order valence-corrected chi connectivity index (χ4v) is 2.99. The Kier molecular flexibility index (Phi) is 6.04. The number of thioether (sulfide) groups is 1. The van der Waals surface area contributed by atoms with Crippen LogP contribution in [0.5, 0.6) is 0 Å².